The van der Waals surface area contributed by atoms with E-state index in [1.807, 2.05) is 6.92 Å². The molecule has 0 atom stereocenters. The zero-order valence-corrected chi connectivity index (χ0v) is 7.30. The number of hydrogen-bond donors (Lipinski definition) is 1. The Kier molecular flexibility index (Phi) is 2.65. The van der Waals surface area contributed by atoms with Crippen molar-refractivity contribution in [3.8, 4) is 0 Å². The molecule has 0 spiro atoms. The van der Waals surface area contributed by atoms with Crippen LogP contribution in [0, 0.1) is 0 Å². The highest BCUT2D eigenvalue weighted by molar-refractivity contribution is 6.30. The molecule has 0 aliphatic rings. The number of aromatic carboxylic acids is 1. The molecule has 0 fully saturated rings. The lowest BCUT2D eigenvalue weighted by molar-refractivity contribution is 0.0690. The lowest BCUT2D eigenvalue weighted by atomic mass is 10.2. The van der Waals surface area contributed by atoms with Crippen molar-refractivity contribution in [1.82, 2.24) is 4.98 Å². The van der Waals surface area contributed by atoms with Crippen LogP contribution >= 0.6 is 11.6 Å². The number of rotatable bonds is 2. The molecule has 1 N–H and O–H groups in total. The van der Waals surface area contributed by atoms with E-state index in [1.165, 1.54) is 6.07 Å². The minimum Gasteiger partial charge on any atom is -0.477 e. The Morgan fingerprint density at radius 1 is 1.67 bits per heavy atom. The van der Waals surface area contributed by atoms with E-state index < -0.39 is 5.97 Å². The van der Waals surface area contributed by atoms with Gasteiger partial charge in [0.2, 0.25) is 0 Å². The van der Waals surface area contributed by atoms with Gasteiger partial charge in [-0.05, 0) is 18.1 Å². The van der Waals surface area contributed by atoms with E-state index in [9.17, 15) is 4.79 Å². The third-order valence-electron chi connectivity index (χ3n) is 1.53. The molecule has 0 bridgehead atoms. The molecule has 64 valence electrons. The van der Waals surface area contributed by atoms with Gasteiger partial charge in [-0.2, -0.15) is 0 Å². The number of carboxylic acid groups (broad SMARTS) is 1. The number of aromatic nitrogens is 1. The van der Waals surface area contributed by atoms with Gasteiger partial charge in [-0.15, -0.1) is 0 Å². The van der Waals surface area contributed by atoms with E-state index in [2.05, 4.69) is 4.98 Å². The fraction of sp³-hybridized carbons (Fsp3) is 0.250. The van der Waals surface area contributed by atoms with Crippen molar-refractivity contribution in [3.63, 3.8) is 0 Å². The van der Waals surface area contributed by atoms with Gasteiger partial charge in [0.05, 0.1) is 0 Å². The van der Waals surface area contributed by atoms with Gasteiger partial charge in [0.15, 0.2) is 0 Å². The van der Waals surface area contributed by atoms with Crippen molar-refractivity contribution in [1.29, 1.82) is 0 Å². The van der Waals surface area contributed by atoms with E-state index in [0.29, 0.717) is 0 Å². The molecule has 0 unspecified atom stereocenters. The summed E-state index contributed by atoms with van der Waals surface area (Å²) in [6.07, 6.45) is 0.756. The van der Waals surface area contributed by atoms with E-state index in [-0.39, 0.29) is 10.8 Å². The molecule has 1 rings (SSSR count). The fourth-order valence-electron chi connectivity index (χ4n) is 0.846. The second-order valence-corrected chi connectivity index (χ2v) is 2.66. The van der Waals surface area contributed by atoms with Crippen LogP contribution in [0.5, 0.6) is 0 Å². The average molecular weight is 186 g/mol. The van der Waals surface area contributed by atoms with Crippen molar-refractivity contribution >= 4 is 17.6 Å². The minimum absolute atomic E-state index is 0.0165. The Hall–Kier alpha value is -1.09. The van der Waals surface area contributed by atoms with E-state index in [1.54, 1.807) is 6.07 Å². The van der Waals surface area contributed by atoms with E-state index in [0.717, 1.165) is 12.0 Å². The first-order valence-corrected chi connectivity index (χ1v) is 3.91. The molecule has 1 heterocycles. The Balaban J connectivity index is 3.10. The highest BCUT2D eigenvalue weighted by Crippen LogP contribution is 2.13. The van der Waals surface area contributed by atoms with Crippen LogP contribution in [-0.4, -0.2) is 16.1 Å². The van der Waals surface area contributed by atoms with Crippen molar-refractivity contribution < 1.29 is 9.90 Å². The molecule has 1 aromatic heterocycles. The SMILES string of the molecule is CCc1ccc(C(=O)O)nc1Cl. The van der Waals surface area contributed by atoms with Gasteiger partial charge in [-0.25, -0.2) is 9.78 Å². The molecule has 0 aromatic carbocycles. The number of hydrogen-bond acceptors (Lipinski definition) is 2. The van der Waals surface area contributed by atoms with Gasteiger partial charge in [0.25, 0.3) is 0 Å². The number of carboxylic acids is 1. The second-order valence-electron chi connectivity index (χ2n) is 2.31. The maximum absolute atomic E-state index is 10.4. The van der Waals surface area contributed by atoms with Crippen LogP contribution in [-0.2, 0) is 6.42 Å². The molecule has 0 saturated carbocycles. The molecule has 0 amide bonds. The number of aryl methyl sites for hydroxylation is 1. The van der Waals surface area contributed by atoms with Gasteiger partial charge < -0.3 is 5.11 Å². The zero-order valence-electron chi connectivity index (χ0n) is 6.54. The molecular formula is C8H8ClNO2. The van der Waals surface area contributed by atoms with Crippen LogP contribution in [0.1, 0.15) is 23.0 Å². The van der Waals surface area contributed by atoms with Gasteiger partial charge in [0, 0.05) is 0 Å². The predicted octanol–water partition coefficient (Wildman–Crippen LogP) is 2.00. The van der Waals surface area contributed by atoms with Crippen LogP contribution in [0.15, 0.2) is 12.1 Å². The highest BCUT2D eigenvalue weighted by Gasteiger charge is 2.06. The Morgan fingerprint density at radius 2 is 2.33 bits per heavy atom. The Bertz CT molecular complexity index is 312. The molecule has 0 radical (unpaired) electrons. The summed E-state index contributed by atoms with van der Waals surface area (Å²) in [7, 11) is 0. The van der Waals surface area contributed by atoms with Crippen LogP contribution in [0.4, 0.5) is 0 Å². The summed E-state index contributed by atoms with van der Waals surface area (Å²) in [5.41, 5.74) is 0.846. The number of halogens is 1. The zero-order chi connectivity index (χ0) is 9.14. The first kappa shape index (κ1) is 9.00. The van der Waals surface area contributed by atoms with Crippen molar-refractivity contribution in [2.24, 2.45) is 0 Å². The topological polar surface area (TPSA) is 50.2 Å². The van der Waals surface area contributed by atoms with Crippen LogP contribution in [0.25, 0.3) is 0 Å². The smallest absolute Gasteiger partial charge is 0.354 e. The van der Waals surface area contributed by atoms with E-state index in [4.69, 9.17) is 16.7 Å². The first-order chi connectivity index (χ1) is 5.65. The van der Waals surface area contributed by atoms with Crippen LogP contribution in [0.3, 0.4) is 0 Å². The van der Waals surface area contributed by atoms with Crippen molar-refractivity contribution in [2.75, 3.05) is 0 Å². The minimum atomic E-state index is -1.06. The first-order valence-electron chi connectivity index (χ1n) is 3.54. The molecule has 3 nitrogen and oxygen atoms in total. The third-order valence-corrected chi connectivity index (χ3v) is 1.85. The van der Waals surface area contributed by atoms with Gasteiger partial charge in [0.1, 0.15) is 10.8 Å². The maximum atomic E-state index is 10.4. The fourth-order valence-corrected chi connectivity index (χ4v) is 1.13. The number of carbonyl (C=O) groups is 1. The van der Waals surface area contributed by atoms with Crippen LogP contribution in [0.2, 0.25) is 5.15 Å². The number of pyridine rings is 1. The monoisotopic (exact) mass is 185 g/mol. The molecule has 1 aromatic rings. The molecule has 0 aliphatic carbocycles. The molecular weight excluding hydrogens is 178 g/mol. The summed E-state index contributed by atoms with van der Waals surface area (Å²) in [5, 5.41) is 8.83. The lowest BCUT2D eigenvalue weighted by Crippen LogP contribution is -2.01. The molecule has 0 saturated heterocycles. The largest absolute Gasteiger partial charge is 0.477 e. The Labute approximate surface area is 75.0 Å². The quantitative estimate of drug-likeness (QED) is 0.717. The standard InChI is InChI=1S/C8H8ClNO2/c1-2-5-3-4-6(8(11)12)10-7(5)9/h3-4H,2H2,1H3,(H,11,12). The van der Waals surface area contributed by atoms with Gasteiger partial charge in [-0.1, -0.05) is 24.6 Å². The lowest BCUT2D eigenvalue weighted by Gasteiger charge is -1.99. The maximum Gasteiger partial charge on any atom is 0.354 e. The molecule has 0 aliphatic heterocycles. The summed E-state index contributed by atoms with van der Waals surface area (Å²) in [6, 6.07) is 3.13. The second kappa shape index (κ2) is 3.54. The van der Waals surface area contributed by atoms with Gasteiger partial charge in [-0.3, -0.25) is 0 Å². The molecule has 12 heavy (non-hydrogen) atoms. The van der Waals surface area contributed by atoms with E-state index >= 15 is 0 Å². The summed E-state index contributed by atoms with van der Waals surface area (Å²) in [5.74, 6) is -1.06. The summed E-state index contributed by atoms with van der Waals surface area (Å²) in [6.45, 7) is 1.93. The predicted molar refractivity (Wildman–Crippen MR) is 45.6 cm³/mol. The highest BCUT2D eigenvalue weighted by atomic mass is 35.5. The molecule has 4 heteroatoms. The summed E-state index contributed by atoms with van der Waals surface area (Å²) >= 11 is 5.70. The Morgan fingerprint density at radius 3 is 2.75 bits per heavy atom. The summed E-state index contributed by atoms with van der Waals surface area (Å²) < 4.78 is 0. The number of nitrogens with zero attached hydrogens (tertiary/aromatic N) is 1. The normalized spacial score (nSPS) is 9.83. The van der Waals surface area contributed by atoms with Gasteiger partial charge >= 0.3 is 5.97 Å². The summed E-state index contributed by atoms with van der Waals surface area (Å²) in [4.78, 5) is 14.1. The van der Waals surface area contributed by atoms with Crippen molar-refractivity contribution in [2.45, 2.75) is 13.3 Å². The average Bonchev–Trinajstić information content (AvgIpc) is 2.04. The third kappa shape index (κ3) is 1.74. The van der Waals surface area contributed by atoms with Crippen molar-refractivity contribution in [3.05, 3.63) is 28.5 Å². The van der Waals surface area contributed by atoms with Crippen LogP contribution < -0.4 is 0 Å².